The number of rotatable bonds is 4. The van der Waals surface area contributed by atoms with Crippen molar-refractivity contribution in [1.82, 2.24) is 10.6 Å². The summed E-state index contributed by atoms with van der Waals surface area (Å²) in [5, 5.41) is 5.23. The van der Waals surface area contributed by atoms with Crippen LogP contribution in [0.2, 0.25) is 0 Å². The van der Waals surface area contributed by atoms with Crippen LogP contribution in [0.5, 0.6) is 0 Å². The second kappa shape index (κ2) is 7.34. The van der Waals surface area contributed by atoms with E-state index in [0.29, 0.717) is 0 Å². The molecule has 3 rings (SSSR count). The van der Waals surface area contributed by atoms with Crippen LogP contribution in [0.25, 0.3) is 0 Å². The van der Waals surface area contributed by atoms with Crippen molar-refractivity contribution < 1.29 is 14.0 Å². The molecule has 1 aliphatic heterocycles. The predicted octanol–water partition coefficient (Wildman–Crippen LogP) is 2.60. The number of nitrogens with one attached hydrogen (secondary N) is 2. The molecule has 2 aromatic carbocycles. The lowest BCUT2D eigenvalue weighted by atomic mass is 10.1. The number of amides is 3. The highest BCUT2D eigenvalue weighted by Gasteiger charge is 2.30. The number of hydrogen-bond donors (Lipinski definition) is 2. The molecule has 130 valence electrons. The maximum absolute atomic E-state index is 12.8. The van der Waals surface area contributed by atoms with Gasteiger partial charge in [-0.3, -0.25) is 4.79 Å². The Morgan fingerprint density at radius 1 is 1.12 bits per heavy atom. The van der Waals surface area contributed by atoms with Crippen LogP contribution >= 0.6 is 0 Å². The second-order valence-electron chi connectivity index (χ2n) is 6.11. The summed E-state index contributed by atoms with van der Waals surface area (Å²) in [6.45, 7) is 2.18. The van der Waals surface area contributed by atoms with Gasteiger partial charge in [-0.2, -0.15) is 0 Å². The topological polar surface area (TPSA) is 61.4 Å². The Morgan fingerprint density at radius 2 is 1.84 bits per heavy atom. The zero-order valence-corrected chi connectivity index (χ0v) is 14.0. The monoisotopic (exact) mass is 341 g/mol. The molecule has 1 heterocycles. The minimum Gasteiger partial charge on any atom is -0.334 e. The number of fused-ring (bicyclic) bond motifs is 1. The fourth-order valence-corrected chi connectivity index (χ4v) is 3.03. The Labute approximate surface area is 145 Å². The van der Waals surface area contributed by atoms with Gasteiger partial charge in [0, 0.05) is 18.3 Å². The number of carbonyl (C=O) groups excluding carboxylic acids is 2. The lowest BCUT2D eigenvalue weighted by Crippen LogP contribution is -2.45. The maximum Gasteiger partial charge on any atom is 0.315 e. The fraction of sp³-hybridized carbons (Fsp3) is 0.263. The molecule has 0 aromatic heterocycles. The number of halogens is 1. The van der Waals surface area contributed by atoms with E-state index < -0.39 is 6.03 Å². The van der Waals surface area contributed by atoms with Gasteiger partial charge in [0.05, 0.1) is 6.54 Å². The summed E-state index contributed by atoms with van der Waals surface area (Å²) >= 11 is 0. The number of para-hydroxylation sites is 1. The average Bonchev–Trinajstić information content (AvgIpc) is 2.95. The van der Waals surface area contributed by atoms with Crippen molar-refractivity contribution in [2.24, 2.45) is 0 Å². The van der Waals surface area contributed by atoms with Crippen molar-refractivity contribution in [1.29, 1.82) is 0 Å². The first-order chi connectivity index (χ1) is 12.0. The van der Waals surface area contributed by atoms with Crippen molar-refractivity contribution in [2.45, 2.75) is 25.9 Å². The predicted molar refractivity (Wildman–Crippen MR) is 93.7 cm³/mol. The zero-order valence-electron chi connectivity index (χ0n) is 14.0. The van der Waals surface area contributed by atoms with Crippen molar-refractivity contribution >= 4 is 17.6 Å². The van der Waals surface area contributed by atoms with Gasteiger partial charge in [-0.25, -0.2) is 9.18 Å². The standard InChI is InChI=1S/C19H20FN3O2/c1-13-10-15-4-2-3-5-17(15)23(13)18(24)12-22-19(25)21-11-14-6-8-16(20)9-7-14/h2-9,13H,10-12H2,1H3,(H2,21,22,25)/t13-/m1/s1. The van der Waals surface area contributed by atoms with Crippen LogP contribution < -0.4 is 15.5 Å². The minimum absolute atomic E-state index is 0.0755. The Balaban J connectivity index is 1.50. The van der Waals surface area contributed by atoms with E-state index in [1.807, 2.05) is 31.2 Å². The largest absolute Gasteiger partial charge is 0.334 e. The Kier molecular flexibility index (Phi) is 4.97. The molecular weight excluding hydrogens is 321 g/mol. The summed E-state index contributed by atoms with van der Waals surface area (Å²) in [5.41, 5.74) is 2.84. The smallest absolute Gasteiger partial charge is 0.315 e. The van der Waals surface area contributed by atoms with E-state index in [1.54, 1.807) is 17.0 Å². The van der Waals surface area contributed by atoms with Crippen LogP contribution in [0, 0.1) is 5.82 Å². The molecule has 6 heteroatoms. The SMILES string of the molecule is C[C@@H]1Cc2ccccc2N1C(=O)CNC(=O)NCc1ccc(F)cc1. The van der Waals surface area contributed by atoms with Gasteiger partial charge < -0.3 is 15.5 Å². The van der Waals surface area contributed by atoms with Gasteiger partial charge in [-0.05, 0) is 42.7 Å². The van der Waals surface area contributed by atoms with E-state index in [9.17, 15) is 14.0 Å². The van der Waals surface area contributed by atoms with E-state index >= 15 is 0 Å². The van der Waals surface area contributed by atoms with E-state index in [0.717, 1.165) is 23.2 Å². The summed E-state index contributed by atoms with van der Waals surface area (Å²) in [5.74, 6) is -0.465. The lowest BCUT2D eigenvalue weighted by Gasteiger charge is -2.23. The first-order valence-electron chi connectivity index (χ1n) is 8.20. The molecule has 1 atom stereocenters. The molecule has 0 radical (unpaired) electrons. The van der Waals surface area contributed by atoms with Crippen LogP contribution in [0.3, 0.4) is 0 Å². The molecule has 0 fully saturated rings. The summed E-state index contributed by atoms with van der Waals surface area (Å²) in [7, 11) is 0. The molecule has 0 saturated heterocycles. The summed E-state index contributed by atoms with van der Waals surface area (Å²) < 4.78 is 12.8. The van der Waals surface area contributed by atoms with Gasteiger partial charge in [0.25, 0.3) is 0 Å². The van der Waals surface area contributed by atoms with E-state index in [2.05, 4.69) is 10.6 Å². The number of benzene rings is 2. The van der Waals surface area contributed by atoms with Gasteiger partial charge in [0.15, 0.2) is 0 Å². The highest BCUT2D eigenvalue weighted by molar-refractivity contribution is 5.98. The molecule has 2 N–H and O–H groups in total. The van der Waals surface area contributed by atoms with Crippen molar-refractivity contribution in [2.75, 3.05) is 11.4 Å². The first kappa shape index (κ1) is 17.0. The molecule has 3 amide bonds. The summed E-state index contributed by atoms with van der Waals surface area (Å²) in [4.78, 5) is 26.1. The van der Waals surface area contributed by atoms with E-state index in [-0.39, 0.29) is 30.9 Å². The molecule has 25 heavy (non-hydrogen) atoms. The molecular formula is C19H20FN3O2. The highest BCUT2D eigenvalue weighted by Crippen LogP contribution is 2.31. The van der Waals surface area contributed by atoms with Crippen LogP contribution in [0.4, 0.5) is 14.9 Å². The van der Waals surface area contributed by atoms with Crippen molar-refractivity contribution in [3.8, 4) is 0 Å². The number of urea groups is 1. The van der Waals surface area contributed by atoms with Crippen LogP contribution in [0.1, 0.15) is 18.1 Å². The van der Waals surface area contributed by atoms with Crippen LogP contribution in [-0.2, 0) is 17.8 Å². The Morgan fingerprint density at radius 3 is 2.60 bits per heavy atom. The summed E-state index contributed by atoms with van der Waals surface area (Å²) in [6, 6.07) is 13.3. The fourth-order valence-electron chi connectivity index (χ4n) is 3.03. The zero-order chi connectivity index (χ0) is 17.8. The van der Waals surface area contributed by atoms with Crippen molar-refractivity contribution in [3.63, 3.8) is 0 Å². The average molecular weight is 341 g/mol. The molecule has 1 aliphatic rings. The van der Waals surface area contributed by atoms with E-state index in [4.69, 9.17) is 0 Å². The van der Waals surface area contributed by atoms with Gasteiger partial charge >= 0.3 is 6.03 Å². The van der Waals surface area contributed by atoms with Crippen molar-refractivity contribution in [3.05, 3.63) is 65.5 Å². The van der Waals surface area contributed by atoms with Crippen LogP contribution in [0.15, 0.2) is 48.5 Å². The quantitative estimate of drug-likeness (QED) is 0.898. The van der Waals surface area contributed by atoms with Gasteiger partial charge in [0.1, 0.15) is 5.82 Å². The van der Waals surface area contributed by atoms with Gasteiger partial charge in [-0.15, -0.1) is 0 Å². The Hall–Kier alpha value is -2.89. The number of nitrogens with zero attached hydrogens (tertiary/aromatic N) is 1. The molecule has 5 nitrogen and oxygen atoms in total. The Bertz CT molecular complexity index is 776. The van der Waals surface area contributed by atoms with E-state index in [1.165, 1.54) is 12.1 Å². The number of anilines is 1. The molecule has 2 aromatic rings. The molecule has 0 bridgehead atoms. The second-order valence-corrected chi connectivity index (χ2v) is 6.11. The van der Waals surface area contributed by atoms with Gasteiger partial charge in [0.2, 0.25) is 5.91 Å². The molecule has 0 unspecified atom stereocenters. The van der Waals surface area contributed by atoms with Crippen LogP contribution in [-0.4, -0.2) is 24.5 Å². The molecule has 0 saturated carbocycles. The highest BCUT2D eigenvalue weighted by atomic mass is 19.1. The third-order valence-corrected chi connectivity index (χ3v) is 4.24. The first-order valence-corrected chi connectivity index (χ1v) is 8.20. The molecule has 0 spiro atoms. The normalized spacial score (nSPS) is 15.6. The third kappa shape index (κ3) is 3.96. The number of hydrogen-bond acceptors (Lipinski definition) is 2. The summed E-state index contributed by atoms with van der Waals surface area (Å²) in [6.07, 6.45) is 0.818. The number of carbonyl (C=O) groups is 2. The third-order valence-electron chi connectivity index (χ3n) is 4.24. The minimum atomic E-state index is -0.433. The lowest BCUT2D eigenvalue weighted by molar-refractivity contribution is -0.117. The molecule has 0 aliphatic carbocycles. The van der Waals surface area contributed by atoms with Gasteiger partial charge in [-0.1, -0.05) is 30.3 Å². The maximum atomic E-state index is 12.8.